The van der Waals surface area contributed by atoms with Crippen LogP contribution < -0.4 is 5.32 Å². The lowest BCUT2D eigenvalue weighted by molar-refractivity contribution is -0.123. The normalized spacial score (nSPS) is 29.6. The Morgan fingerprint density at radius 2 is 2.10 bits per heavy atom. The molecular weight excluding hydrogens is 250 g/mol. The van der Waals surface area contributed by atoms with Crippen LogP contribution in [0.15, 0.2) is 12.4 Å². The van der Waals surface area contributed by atoms with Crippen LogP contribution in [0.1, 0.15) is 57.6 Å². The van der Waals surface area contributed by atoms with Gasteiger partial charge in [0.1, 0.15) is 0 Å². The van der Waals surface area contributed by atoms with Gasteiger partial charge in [-0.2, -0.15) is 5.10 Å². The average molecular weight is 275 g/mol. The van der Waals surface area contributed by atoms with Crippen LogP contribution in [0.2, 0.25) is 0 Å². The zero-order chi connectivity index (χ0) is 14.1. The van der Waals surface area contributed by atoms with Crippen molar-refractivity contribution in [1.82, 2.24) is 15.1 Å². The molecule has 1 amide bonds. The molecule has 0 bridgehead atoms. The van der Waals surface area contributed by atoms with Crippen LogP contribution in [0.25, 0.3) is 0 Å². The second-order valence-electron chi connectivity index (χ2n) is 6.24. The topological polar surface area (TPSA) is 46.9 Å². The summed E-state index contributed by atoms with van der Waals surface area (Å²) in [5.74, 6) is 1.94. The first-order valence-corrected chi connectivity index (χ1v) is 8.07. The fourth-order valence-corrected chi connectivity index (χ4v) is 3.80. The molecule has 3 rings (SSSR count). The molecule has 2 aliphatic rings. The second kappa shape index (κ2) is 5.58. The minimum Gasteiger partial charge on any atom is -0.349 e. The van der Waals surface area contributed by atoms with Gasteiger partial charge in [-0.15, -0.1) is 0 Å². The summed E-state index contributed by atoms with van der Waals surface area (Å²) < 4.78 is 1.92. The molecule has 1 heterocycles. The van der Waals surface area contributed by atoms with Gasteiger partial charge < -0.3 is 5.32 Å². The van der Waals surface area contributed by atoms with Crippen molar-refractivity contribution >= 4 is 5.91 Å². The summed E-state index contributed by atoms with van der Waals surface area (Å²) in [6, 6.07) is 0.116. The predicted molar refractivity (Wildman–Crippen MR) is 78.0 cm³/mol. The van der Waals surface area contributed by atoms with Crippen molar-refractivity contribution in [2.45, 2.75) is 58.5 Å². The van der Waals surface area contributed by atoms with Crippen LogP contribution in [-0.2, 0) is 11.3 Å². The van der Waals surface area contributed by atoms with Crippen LogP contribution in [0.4, 0.5) is 0 Å². The molecule has 1 N–H and O–H groups in total. The van der Waals surface area contributed by atoms with Crippen molar-refractivity contribution in [2.75, 3.05) is 0 Å². The van der Waals surface area contributed by atoms with Crippen LogP contribution in [-0.4, -0.2) is 15.7 Å². The fraction of sp³-hybridized carbons (Fsp3) is 0.750. The van der Waals surface area contributed by atoms with Gasteiger partial charge in [0.05, 0.1) is 12.2 Å². The third kappa shape index (κ3) is 2.48. The van der Waals surface area contributed by atoms with E-state index in [9.17, 15) is 4.79 Å². The Morgan fingerprint density at radius 3 is 2.65 bits per heavy atom. The summed E-state index contributed by atoms with van der Waals surface area (Å²) in [5.41, 5.74) is 1.13. The van der Waals surface area contributed by atoms with Crippen molar-refractivity contribution in [1.29, 1.82) is 0 Å². The zero-order valence-corrected chi connectivity index (χ0v) is 12.5. The Morgan fingerprint density at radius 1 is 1.40 bits per heavy atom. The van der Waals surface area contributed by atoms with Crippen molar-refractivity contribution < 1.29 is 4.79 Å². The summed E-state index contributed by atoms with van der Waals surface area (Å²) in [7, 11) is 0. The van der Waals surface area contributed by atoms with E-state index in [2.05, 4.69) is 24.3 Å². The number of aryl methyl sites for hydroxylation is 1. The van der Waals surface area contributed by atoms with Crippen molar-refractivity contribution in [3.63, 3.8) is 0 Å². The summed E-state index contributed by atoms with van der Waals surface area (Å²) >= 11 is 0. The summed E-state index contributed by atoms with van der Waals surface area (Å²) in [6.07, 6.45) is 9.99. The average Bonchev–Trinajstić information content (AvgIpc) is 3.02. The van der Waals surface area contributed by atoms with Gasteiger partial charge in [0, 0.05) is 24.2 Å². The Bertz CT molecular complexity index is 470. The molecule has 1 aromatic rings. The van der Waals surface area contributed by atoms with E-state index in [1.54, 1.807) is 0 Å². The van der Waals surface area contributed by atoms with Gasteiger partial charge in [0.15, 0.2) is 0 Å². The number of rotatable bonds is 5. The molecule has 2 saturated carbocycles. The lowest BCUT2D eigenvalue weighted by atomic mass is 10.0. The monoisotopic (exact) mass is 275 g/mol. The lowest BCUT2D eigenvalue weighted by Gasteiger charge is -2.15. The molecule has 1 aromatic heterocycles. The Kier molecular flexibility index (Phi) is 3.81. The lowest BCUT2D eigenvalue weighted by Crippen LogP contribution is -2.30. The summed E-state index contributed by atoms with van der Waals surface area (Å²) in [6.45, 7) is 5.07. The molecule has 0 aliphatic heterocycles. The number of aromatic nitrogens is 2. The predicted octanol–water partition coefficient (Wildman–Crippen LogP) is 2.91. The highest BCUT2D eigenvalue weighted by atomic mass is 16.2. The first-order chi connectivity index (χ1) is 9.74. The largest absolute Gasteiger partial charge is 0.349 e. The van der Waals surface area contributed by atoms with Gasteiger partial charge in [-0.1, -0.05) is 19.8 Å². The maximum atomic E-state index is 12.5. The van der Waals surface area contributed by atoms with E-state index in [1.165, 1.54) is 25.7 Å². The number of nitrogens with zero attached hydrogens (tertiary/aromatic N) is 2. The molecule has 0 aromatic carbocycles. The van der Waals surface area contributed by atoms with Gasteiger partial charge in [0.25, 0.3) is 0 Å². The minimum atomic E-state index is 0.116. The third-order valence-electron chi connectivity index (χ3n) is 5.06. The number of fused-ring (bicyclic) bond motifs is 1. The van der Waals surface area contributed by atoms with E-state index < -0.39 is 0 Å². The molecule has 0 unspecified atom stereocenters. The van der Waals surface area contributed by atoms with Gasteiger partial charge in [-0.05, 0) is 38.0 Å². The summed E-state index contributed by atoms with van der Waals surface area (Å²) in [5, 5.41) is 7.56. The van der Waals surface area contributed by atoms with Crippen molar-refractivity contribution in [3.8, 4) is 0 Å². The molecule has 2 fully saturated rings. The molecule has 110 valence electrons. The number of hydrogen-bond donors (Lipinski definition) is 1. The SMILES string of the molecule is CC[C@H](NC(=O)C1[C@@H]2CCCC[C@@H]12)c1cnn(CC)c1. The maximum Gasteiger partial charge on any atom is 0.224 e. The fourth-order valence-electron chi connectivity index (χ4n) is 3.80. The van der Waals surface area contributed by atoms with Crippen molar-refractivity contribution in [2.24, 2.45) is 17.8 Å². The zero-order valence-electron chi connectivity index (χ0n) is 12.5. The van der Waals surface area contributed by atoms with Gasteiger partial charge in [0.2, 0.25) is 5.91 Å². The van der Waals surface area contributed by atoms with Crippen LogP contribution in [0.3, 0.4) is 0 Å². The molecule has 2 aliphatic carbocycles. The molecule has 0 saturated heterocycles. The first kappa shape index (κ1) is 13.7. The second-order valence-corrected chi connectivity index (χ2v) is 6.24. The molecule has 3 atom stereocenters. The molecule has 0 spiro atoms. The van der Waals surface area contributed by atoms with Crippen LogP contribution in [0, 0.1) is 17.8 Å². The highest BCUT2D eigenvalue weighted by molar-refractivity contribution is 5.82. The molecular formula is C16H25N3O. The number of nitrogens with one attached hydrogen (secondary N) is 1. The Labute approximate surface area is 120 Å². The van der Waals surface area contributed by atoms with Crippen molar-refractivity contribution in [3.05, 3.63) is 18.0 Å². The van der Waals surface area contributed by atoms with E-state index in [4.69, 9.17) is 0 Å². The highest BCUT2D eigenvalue weighted by Crippen LogP contribution is 2.55. The number of carbonyl (C=O) groups is 1. The molecule has 4 nitrogen and oxygen atoms in total. The van der Waals surface area contributed by atoms with Gasteiger partial charge in [-0.3, -0.25) is 9.48 Å². The van der Waals surface area contributed by atoms with E-state index in [0.717, 1.165) is 18.5 Å². The minimum absolute atomic E-state index is 0.116. The van der Waals surface area contributed by atoms with Gasteiger partial charge >= 0.3 is 0 Å². The van der Waals surface area contributed by atoms with Crippen LogP contribution in [0.5, 0.6) is 0 Å². The molecule has 4 heteroatoms. The van der Waals surface area contributed by atoms with E-state index in [1.807, 2.05) is 17.1 Å². The highest BCUT2D eigenvalue weighted by Gasteiger charge is 2.54. The summed E-state index contributed by atoms with van der Waals surface area (Å²) in [4.78, 5) is 12.5. The molecule has 20 heavy (non-hydrogen) atoms. The first-order valence-electron chi connectivity index (χ1n) is 8.07. The quantitative estimate of drug-likeness (QED) is 0.898. The standard InChI is InChI=1S/C16H25N3O/c1-3-14(11-9-17-19(4-2)10-11)18-16(20)15-12-7-5-6-8-13(12)15/h9-10,12-15H,3-8H2,1-2H3,(H,18,20)/t12-,13-,14+/m1/s1. The maximum absolute atomic E-state index is 12.5. The number of hydrogen-bond acceptors (Lipinski definition) is 2. The molecule has 0 radical (unpaired) electrons. The smallest absolute Gasteiger partial charge is 0.224 e. The number of carbonyl (C=O) groups excluding carboxylic acids is 1. The number of amides is 1. The Balaban J connectivity index is 1.61. The van der Waals surface area contributed by atoms with E-state index in [-0.39, 0.29) is 11.9 Å². The Hall–Kier alpha value is -1.32. The van der Waals surface area contributed by atoms with Gasteiger partial charge in [-0.25, -0.2) is 0 Å². The van der Waals surface area contributed by atoms with E-state index >= 15 is 0 Å². The van der Waals surface area contributed by atoms with Crippen LogP contribution >= 0.6 is 0 Å². The van der Waals surface area contributed by atoms with E-state index in [0.29, 0.717) is 17.8 Å². The third-order valence-corrected chi connectivity index (χ3v) is 5.06.